The summed E-state index contributed by atoms with van der Waals surface area (Å²) in [5, 5.41) is 10.3. The van der Waals surface area contributed by atoms with Gasteiger partial charge in [0.2, 0.25) is 11.8 Å². The molecule has 15 nitrogen and oxygen atoms in total. The highest BCUT2D eigenvalue weighted by atomic mass is 16.6. The minimum atomic E-state index is -1.44. The summed E-state index contributed by atoms with van der Waals surface area (Å²) in [5.41, 5.74) is 4.61. The van der Waals surface area contributed by atoms with Gasteiger partial charge in [-0.15, -0.1) is 0 Å². The van der Waals surface area contributed by atoms with Crippen molar-refractivity contribution in [1.29, 1.82) is 0 Å². The number of allylic oxidation sites excluding steroid dienone is 1. The molecule has 5 amide bonds. The fraction of sp³-hybridized carbons (Fsp3) is 0.372. The van der Waals surface area contributed by atoms with Gasteiger partial charge in [0, 0.05) is 24.4 Å². The summed E-state index contributed by atoms with van der Waals surface area (Å²) in [6.07, 6.45) is 8.33. The number of carbonyl (C=O) groups excluding carboxylic acids is 5. The highest BCUT2D eigenvalue weighted by Crippen LogP contribution is 2.45. The highest BCUT2D eigenvalue weighted by molar-refractivity contribution is 6.00. The minimum absolute atomic E-state index is 0.0168. The number of rotatable bonds is 6. The van der Waals surface area contributed by atoms with E-state index < -0.39 is 70.5 Å². The number of amides is 5. The first-order chi connectivity index (χ1) is 27.8. The SMILES string of the molecule is CC(C)(C)OC(=O)N[C@H]1CCCC/C=C\[C@@H]2C[C@@]2(C(=O)NNC(=O)c2ccco2)NC(=O)[C@@H]2C[C@@H](n3ncc(-c4ccccc4)c(-c4ccccc4)c3=O)CN2C1=O. The lowest BCUT2D eigenvalue weighted by Crippen LogP contribution is -2.59. The van der Waals surface area contributed by atoms with E-state index in [1.54, 1.807) is 27.0 Å². The summed E-state index contributed by atoms with van der Waals surface area (Å²) in [6.45, 7) is 5.07. The summed E-state index contributed by atoms with van der Waals surface area (Å²) in [7, 11) is 0. The lowest BCUT2D eigenvalue weighted by atomic mass is 9.97. The summed E-state index contributed by atoms with van der Waals surface area (Å²) >= 11 is 0. The van der Waals surface area contributed by atoms with Crippen LogP contribution >= 0.6 is 0 Å². The molecule has 0 bridgehead atoms. The number of furan rings is 1. The zero-order valence-electron chi connectivity index (χ0n) is 32.6. The Labute approximate surface area is 335 Å². The maximum atomic E-state index is 14.6. The molecule has 2 aromatic carbocycles. The van der Waals surface area contributed by atoms with Crippen LogP contribution in [0.5, 0.6) is 0 Å². The molecular formula is C43H47N7O8. The van der Waals surface area contributed by atoms with Crippen LogP contribution in [0.4, 0.5) is 4.79 Å². The van der Waals surface area contributed by atoms with Gasteiger partial charge in [-0.1, -0.05) is 79.2 Å². The number of nitrogens with one attached hydrogen (secondary N) is 4. The minimum Gasteiger partial charge on any atom is -0.459 e. The van der Waals surface area contributed by atoms with Crippen molar-refractivity contribution >= 4 is 29.7 Å². The molecule has 1 saturated carbocycles. The van der Waals surface area contributed by atoms with Gasteiger partial charge in [0.25, 0.3) is 11.5 Å². The summed E-state index contributed by atoms with van der Waals surface area (Å²) in [4.78, 5) is 84.7. The van der Waals surface area contributed by atoms with Crippen molar-refractivity contribution in [3.8, 4) is 22.3 Å². The Kier molecular flexibility index (Phi) is 11.3. The van der Waals surface area contributed by atoms with Crippen molar-refractivity contribution in [1.82, 2.24) is 36.2 Å². The Hall–Kier alpha value is -6.51. The second kappa shape index (κ2) is 16.5. The summed E-state index contributed by atoms with van der Waals surface area (Å²) in [6, 6.07) is 18.7. The highest BCUT2D eigenvalue weighted by Gasteiger charge is 2.61. The fourth-order valence-corrected chi connectivity index (χ4v) is 7.69. The van der Waals surface area contributed by atoms with E-state index in [-0.39, 0.29) is 31.6 Å². The van der Waals surface area contributed by atoms with Gasteiger partial charge in [0.05, 0.1) is 24.1 Å². The number of hydrazine groups is 1. The number of hydrogen-bond acceptors (Lipinski definition) is 9. The molecule has 2 aromatic heterocycles. The quantitative estimate of drug-likeness (QED) is 0.159. The second-order valence-corrected chi connectivity index (χ2v) is 15.9. The van der Waals surface area contributed by atoms with Gasteiger partial charge in [0.15, 0.2) is 5.76 Å². The van der Waals surface area contributed by atoms with E-state index in [1.807, 2.05) is 72.8 Å². The van der Waals surface area contributed by atoms with Crippen LogP contribution in [0.1, 0.15) is 75.9 Å². The number of aromatic nitrogens is 2. The van der Waals surface area contributed by atoms with E-state index >= 15 is 0 Å². The van der Waals surface area contributed by atoms with Gasteiger partial charge in [-0.2, -0.15) is 5.10 Å². The van der Waals surface area contributed by atoms with Gasteiger partial charge in [-0.3, -0.25) is 34.8 Å². The van der Waals surface area contributed by atoms with Crippen molar-refractivity contribution in [3.05, 3.63) is 114 Å². The number of carbonyl (C=O) groups is 5. The Morgan fingerprint density at radius 2 is 1.66 bits per heavy atom. The molecule has 302 valence electrons. The van der Waals surface area contributed by atoms with Gasteiger partial charge >= 0.3 is 12.0 Å². The van der Waals surface area contributed by atoms with E-state index in [9.17, 15) is 28.8 Å². The van der Waals surface area contributed by atoms with Crippen LogP contribution in [0.15, 0.2) is 107 Å². The second-order valence-electron chi connectivity index (χ2n) is 15.9. The van der Waals surface area contributed by atoms with E-state index in [0.29, 0.717) is 36.0 Å². The predicted molar refractivity (Wildman–Crippen MR) is 213 cm³/mol. The first-order valence-electron chi connectivity index (χ1n) is 19.5. The van der Waals surface area contributed by atoms with Crippen molar-refractivity contribution in [3.63, 3.8) is 0 Å². The molecule has 4 aromatic rings. The molecule has 2 fully saturated rings. The summed E-state index contributed by atoms with van der Waals surface area (Å²) < 4.78 is 12.0. The Morgan fingerprint density at radius 3 is 2.34 bits per heavy atom. The number of alkyl carbamates (subject to hydrolysis) is 1. The number of benzene rings is 2. The average molecular weight is 790 g/mol. The normalized spacial score (nSPS) is 23.9. The van der Waals surface area contributed by atoms with Crippen LogP contribution < -0.4 is 27.0 Å². The van der Waals surface area contributed by atoms with Gasteiger partial charge in [-0.05, 0) is 69.7 Å². The van der Waals surface area contributed by atoms with E-state index in [4.69, 9.17) is 9.15 Å². The average Bonchev–Trinajstić information content (AvgIpc) is 3.51. The molecule has 7 rings (SSSR count). The molecule has 3 aliphatic rings. The van der Waals surface area contributed by atoms with Crippen molar-refractivity contribution in [2.24, 2.45) is 5.92 Å². The first-order valence-corrected chi connectivity index (χ1v) is 19.5. The van der Waals surface area contributed by atoms with E-state index in [2.05, 4.69) is 26.6 Å². The smallest absolute Gasteiger partial charge is 0.408 e. The third-order valence-electron chi connectivity index (χ3n) is 10.6. The molecule has 4 heterocycles. The van der Waals surface area contributed by atoms with Crippen LogP contribution in [-0.2, 0) is 19.1 Å². The third kappa shape index (κ3) is 8.58. The standard InChI is InChI=1S/C43H47N7O8/c1-42(2,3)58-41(56)45-32-20-13-5-4-12-19-29-24-43(29,40(55)48-47-37(52)34-21-14-22-57-34)46-36(51)33-23-30(26-49(33)38(32)53)50-39(54)35(28-17-10-7-11-18-28)31(25-44-50)27-15-8-6-9-16-27/h6-12,14-19,21-22,25,29-30,32-33H,4-5,13,20,23-24,26H2,1-3H3,(H,45,56)(H,46,51)(H,47,52)(H,48,55)/b19-12-/t29-,30-,32+,33+,43-/m1/s1. The molecule has 1 aliphatic carbocycles. The molecular weight excluding hydrogens is 743 g/mol. The van der Waals surface area contributed by atoms with Crippen molar-refractivity contribution < 1.29 is 33.1 Å². The van der Waals surface area contributed by atoms with Gasteiger partial charge in [0.1, 0.15) is 23.2 Å². The van der Waals surface area contributed by atoms with Gasteiger partial charge in [-0.25, -0.2) is 9.48 Å². The number of hydrogen-bond donors (Lipinski definition) is 4. The molecule has 58 heavy (non-hydrogen) atoms. The molecule has 1 saturated heterocycles. The Morgan fingerprint density at radius 1 is 0.931 bits per heavy atom. The number of ether oxygens (including phenoxy) is 1. The van der Waals surface area contributed by atoms with Gasteiger partial charge < -0.3 is 24.7 Å². The molecule has 0 unspecified atom stereocenters. The lowest BCUT2D eigenvalue weighted by Gasteiger charge is -2.30. The maximum absolute atomic E-state index is 14.6. The Bertz CT molecular complexity index is 2250. The zero-order chi connectivity index (χ0) is 41.0. The maximum Gasteiger partial charge on any atom is 0.408 e. The molecule has 4 N–H and O–H groups in total. The fourth-order valence-electron chi connectivity index (χ4n) is 7.69. The molecule has 5 atom stereocenters. The number of fused-ring (bicyclic) bond motifs is 2. The monoisotopic (exact) mass is 789 g/mol. The molecule has 2 aliphatic heterocycles. The summed E-state index contributed by atoms with van der Waals surface area (Å²) in [5.74, 6) is -2.91. The van der Waals surface area contributed by atoms with Crippen molar-refractivity contribution in [2.45, 2.75) is 88.6 Å². The molecule has 0 spiro atoms. The van der Waals surface area contributed by atoms with Crippen LogP contribution in [0.25, 0.3) is 22.3 Å². The van der Waals surface area contributed by atoms with E-state index in [0.717, 1.165) is 5.56 Å². The van der Waals surface area contributed by atoms with Crippen LogP contribution in [0.3, 0.4) is 0 Å². The van der Waals surface area contributed by atoms with Crippen LogP contribution in [0, 0.1) is 5.92 Å². The molecule has 15 heteroatoms. The zero-order valence-corrected chi connectivity index (χ0v) is 32.6. The van der Waals surface area contributed by atoms with Crippen molar-refractivity contribution in [2.75, 3.05) is 6.54 Å². The third-order valence-corrected chi connectivity index (χ3v) is 10.6. The number of nitrogens with zero attached hydrogens (tertiary/aromatic N) is 3. The molecule has 0 radical (unpaired) electrons. The lowest BCUT2D eigenvalue weighted by molar-refractivity contribution is -0.141. The largest absolute Gasteiger partial charge is 0.459 e. The first kappa shape index (κ1) is 39.7. The van der Waals surface area contributed by atoms with Crippen LogP contribution in [-0.4, -0.2) is 74.2 Å². The topological polar surface area (TPSA) is 194 Å². The van der Waals surface area contributed by atoms with E-state index in [1.165, 1.54) is 28.0 Å². The van der Waals surface area contributed by atoms with Crippen LogP contribution in [0.2, 0.25) is 0 Å². The predicted octanol–water partition coefficient (Wildman–Crippen LogP) is 4.67. The Balaban J connectivity index is 1.24.